The van der Waals surface area contributed by atoms with Crippen LogP contribution in [0.1, 0.15) is 24.8 Å². The largest absolute Gasteiger partial charge is 0.376 e. The van der Waals surface area contributed by atoms with Crippen molar-refractivity contribution in [1.29, 1.82) is 0 Å². The van der Waals surface area contributed by atoms with Gasteiger partial charge in [-0.05, 0) is 38.4 Å². The Kier molecular flexibility index (Phi) is 6.96. The lowest BCUT2D eigenvalue weighted by Gasteiger charge is -2.32. The lowest BCUT2D eigenvalue weighted by molar-refractivity contribution is -0.135. The molecule has 156 valence electrons. The Bertz CT molecular complexity index is 794. The number of ether oxygens (including phenoxy) is 1. The zero-order valence-electron chi connectivity index (χ0n) is 15.9. The van der Waals surface area contributed by atoms with Crippen molar-refractivity contribution in [1.82, 2.24) is 9.80 Å². The topological polar surface area (TPSA) is 66.9 Å². The molecule has 2 saturated heterocycles. The highest BCUT2D eigenvalue weighted by Gasteiger charge is 2.36. The summed E-state index contributed by atoms with van der Waals surface area (Å²) >= 11 is 6.08. The first-order valence-corrected chi connectivity index (χ1v) is 11.7. The van der Waals surface area contributed by atoms with Crippen LogP contribution < -0.4 is 0 Å². The van der Waals surface area contributed by atoms with E-state index >= 15 is 0 Å². The second-order valence-electron chi connectivity index (χ2n) is 7.61. The number of rotatable bonds is 7. The first kappa shape index (κ1) is 21.5. The van der Waals surface area contributed by atoms with Crippen molar-refractivity contribution in [3.05, 3.63) is 34.6 Å². The minimum Gasteiger partial charge on any atom is -0.376 e. The third kappa shape index (κ3) is 5.43. The fourth-order valence-corrected chi connectivity index (χ4v) is 5.77. The molecular formula is C19H26ClFN2O4S. The molecule has 2 aliphatic heterocycles. The van der Waals surface area contributed by atoms with Gasteiger partial charge >= 0.3 is 0 Å². The van der Waals surface area contributed by atoms with Crippen LogP contribution in [0.2, 0.25) is 5.02 Å². The summed E-state index contributed by atoms with van der Waals surface area (Å²) in [7, 11) is -1.39. The summed E-state index contributed by atoms with van der Waals surface area (Å²) in [6.07, 6.45) is 2.20. The van der Waals surface area contributed by atoms with E-state index in [1.54, 1.807) is 22.9 Å². The van der Waals surface area contributed by atoms with Crippen LogP contribution in [0.3, 0.4) is 0 Å². The van der Waals surface area contributed by atoms with E-state index in [0.717, 1.165) is 12.8 Å². The smallest absolute Gasteiger partial charge is 0.237 e. The van der Waals surface area contributed by atoms with E-state index < -0.39 is 15.7 Å². The van der Waals surface area contributed by atoms with E-state index in [1.165, 1.54) is 12.1 Å². The van der Waals surface area contributed by atoms with Gasteiger partial charge in [-0.25, -0.2) is 12.8 Å². The first-order chi connectivity index (χ1) is 13.2. The molecule has 6 nitrogen and oxygen atoms in total. The van der Waals surface area contributed by atoms with E-state index in [4.69, 9.17) is 16.3 Å². The molecule has 28 heavy (non-hydrogen) atoms. The number of likely N-dealkylation sites (N-methyl/N-ethyl adjacent to an activating group) is 1. The van der Waals surface area contributed by atoms with Crippen molar-refractivity contribution in [2.75, 3.05) is 38.2 Å². The molecule has 0 radical (unpaired) electrons. The summed E-state index contributed by atoms with van der Waals surface area (Å²) in [5, 5.41) is 0.317. The molecule has 2 aliphatic rings. The van der Waals surface area contributed by atoms with Crippen LogP contribution in [0.25, 0.3) is 0 Å². The lowest BCUT2D eigenvalue weighted by atomic mass is 10.1. The molecule has 1 aromatic carbocycles. The molecule has 0 aliphatic carbocycles. The summed E-state index contributed by atoms with van der Waals surface area (Å²) in [6, 6.07) is 4.16. The van der Waals surface area contributed by atoms with Crippen LogP contribution in [0, 0.1) is 5.82 Å². The Labute approximate surface area is 170 Å². The number of sulfone groups is 1. The fraction of sp³-hybridized carbons (Fsp3) is 0.632. The number of nitrogens with zero attached hydrogens (tertiary/aromatic N) is 2. The van der Waals surface area contributed by atoms with Crippen molar-refractivity contribution in [2.45, 2.75) is 38.0 Å². The summed E-state index contributed by atoms with van der Waals surface area (Å²) in [5.41, 5.74) is 0.341. The zero-order valence-corrected chi connectivity index (χ0v) is 17.5. The van der Waals surface area contributed by atoms with Gasteiger partial charge in [0.05, 0.1) is 24.2 Å². The minimum atomic E-state index is -3.11. The van der Waals surface area contributed by atoms with Crippen molar-refractivity contribution >= 4 is 27.3 Å². The number of hydrogen-bond acceptors (Lipinski definition) is 5. The van der Waals surface area contributed by atoms with Gasteiger partial charge in [-0.1, -0.05) is 17.7 Å². The number of amides is 1. The fourth-order valence-electron chi connectivity index (χ4n) is 3.81. The Balaban J connectivity index is 1.67. The SMILES string of the molecule is CN(CC(=O)N(CC1CCCO1)C1CCS(=O)(=O)C1)Cc1c(F)cccc1Cl. The molecule has 0 bridgehead atoms. The Morgan fingerprint density at radius 3 is 2.75 bits per heavy atom. The third-order valence-electron chi connectivity index (χ3n) is 5.29. The van der Waals surface area contributed by atoms with Crippen LogP contribution in [-0.4, -0.2) is 74.5 Å². The molecule has 1 aromatic rings. The Hall–Kier alpha value is -1.22. The van der Waals surface area contributed by atoms with Crippen LogP contribution in [0.5, 0.6) is 0 Å². The molecule has 3 rings (SSSR count). The van der Waals surface area contributed by atoms with Crippen LogP contribution in [0.4, 0.5) is 4.39 Å². The van der Waals surface area contributed by atoms with Gasteiger partial charge in [0, 0.05) is 36.3 Å². The van der Waals surface area contributed by atoms with Gasteiger partial charge in [-0.15, -0.1) is 0 Å². The molecule has 2 atom stereocenters. The predicted molar refractivity (Wildman–Crippen MR) is 105 cm³/mol. The molecule has 0 N–H and O–H groups in total. The minimum absolute atomic E-state index is 0.00564. The molecule has 2 heterocycles. The highest BCUT2D eigenvalue weighted by Crippen LogP contribution is 2.23. The van der Waals surface area contributed by atoms with Gasteiger partial charge < -0.3 is 9.64 Å². The van der Waals surface area contributed by atoms with Crippen LogP contribution >= 0.6 is 11.6 Å². The highest BCUT2D eigenvalue weighted by molar-refractivity contribution is 7.91. The van der Waals surface area contributed by atoms with E-state index in [1.807, 2.05) is 0 Å². The molecule has 9 heteroatoms. The predicted octanol–water partition coefficient (Wildman–Crippen LogP) is 2.11. The second-order valence-corrected chi connectivity index (χ2v) is 10.2. The van der Waals surface area contributed by atoms with Crippen molar-refractivity contribution < 1.29 is 22.3 Å². The number of hydrogen-bond donors (Lipinski definition) is 0. The van der Waals surface area contributed by atoms with Gasteiger partial charge in [0.1, 0.15) is 5.82 Å². The highest BCUT2D eigenvalue weighted by atomic mass is 35.5. The van der Waals surface area contributed by atoms with Gasteiger partial charge in [0.25, 0.3) is 0 Å². The Morgan fingerprint density at radius 2 is 2.14 bits per heavy atom. The Morgan fingerprint density at radius 1 is 1.36 bits per heavy atom. The van der Waals surface area contributed by atoms with Crippen molar-refractivity contribution in [3.8, 4) is 0 Å². The molecule has 0 aromatic heterocycles. The maximum atomic E-state index is 14.0. The van der Waals surface area contributed by atoms with E-state index in [0.29, 0.717) is 30.2 Å². The van der Waals surface area contributed by atoms with Gasteiger partial charge in [0.15, 0.2) is 9.84 Å². The standard InChI is InChI=1S/C19H26ClFN2O4S/c1-22(11-16-17(20)5-2-6-18(16)21)12-19(24)23(10-15-4-3-8-27-15)14-7-9-28(25,26)13-14/h2,5-6,14-15H,3-4,7-13H2,1H3. The lowest BCUT2D eigenvalue weighted by Crippen LogP contribution is -2.48. The molecule has 2 fully saturated rings. The average Bonchev–Trinajstić information content (AvgIpc) is 3.25. The van der Waals surface area contributed by atoms with E-state index in [9.17, 15) is 17.6 Å². The maximum Gasteiger partial charge on any atom is 0.237 e. The summed E-state index contributed by atoms with van der Waals surface area (Å²) < 4.78 is 43.5. The summed E-state index contributed by atoms with van der Waals surface area (Å²) in [6.45, 7) is 1.30. The summed E-state index contributed by atoms with van der Waals surface area (Å²) in [4.78, 5) is 16.4. The van der Waals surface area contributed by atoms with Gasteiger partial charge in [-0.2, -0.15) is 0 Å². The first-order valence-electron chi connectivity index (χ1n) is 9.48. The molecular weight excluding hydrogens is 407 g/mol. The monoisotopic (exact) mass is 432 g/mol. The molecule has 0 saturated carbocycles. The summed E-state index contributed by atoms with van der Waals surface area (Å²) in [5.74, 6) is -0.487. The van der Waals surface area contributed by atoms with Crippen LogP contribution in [0.15, 0.2) is 18.2 Å². The van der Waals surface area contributed by atoms with Gasteiger partial charge in [0.2, 0.25) is 5.91 Å². The van der Waals surface area contributed by atoms with Crippen LogP contribution in [-0.2, 0) is 25.9 Å². The second kappa shape index (κ2) is 9.07. The van der Waals surface area contributed by atoms with Gasteiger partial charge in [-0.3, -0.25) is 9.69 Å². The number of benzene rings is 1. The normalized spacial score (nSPS) is 24.0. The molecule has 2 unspecified atom stereocenters. The molecule has 1 amide bonds. The number of halogens is 2. The number of carbonyl (C=O) groups is 1. The van der Waals surface area contributed by atoms with E-state index in [2.05, 4.69) is 0 Å². The molecule has 0 spiro atoms. The average molecular weight is 433 g/mol. The zero-order chi connectivity index (χ0) is 20.3. The van der Waals surface area contributed by atoms with Crippen molar-refractivity contribution in [3.63, 3.8) is 0 Å². The van der Waals surface area contributed by atoms with E-state index in [-0.39, 0.29) is 42.6 Å². The van der Waals surface area contributed by atoms with Crippen molar-refractivity contribution in [2.24, 2.45) is 0 Å². The maximum absolute atomic E-state index is 14.0. The quantitative estimate of drug-likeness (QED) is 0.660. The number of carbonyl (C=O) groups excluding carboxylic acids is 1. The third-order valence-corrected chi connectivity index (χ3v) is 7.39.